The van der Waals surface area contributed by atoms with Gasteiger partial charge in [-0.05, 0) is 37.0 Å². The minimum absolute atomic E-state index is 0.202. The minimum atomic E-state index is 0.202. The molecule has 0 spiro atoms. The standard InChI is InChI=1S/C27H33N3O4/c1-32-23-17-21(18-24(19-23)33-2)27-28-25(34-29-27)15-16-30(22-11-7-4-8-12-22)26(31)14-13-20-9-5-3-6-10-20/h3,5-6,9-10,17-19,22H,4,7-8,11-16H2,1-2H3. The molecule has 0 atom stereocenters. The summed E-state index contributed by atoms with van der Waals surface area (Å²) in [7, 11) is 3.21. The maximum atomic E-state index is 13.2. The number of aryl methyl sites for hydroxylation is 1. The zero-order valence-corrected chi connectivity index (χ0v) is 20.0. The number of benzene rings is 2. The van der Waals surface area contributed by atoms with Gasteiger partial charge in [0.1, 0.15) is 11.5 Å². The molecule has 1 fully saturated rings. The van der Waals surface area contributed by atoms with Gasteiger partial charge in [0, 0.05) is 37.1 Å². The number of aromatic nitrogens is 2. The maximum Gasteiger partial charge on any atom is 0.228 e. The van der Waals surface area contributed by atoms with Gasteiger partial charge < -0.3 is 18.9 Å². The lowest BCUT2D eigenvalue weighted by Gasteiger charge is -2.34. The molecule has 0 saturated heterocycles. The summed E-state index contributed by atoms with van der Waals surface area (Å²) < 4.78 is 16.2. The molecular weight excluding hydrogens is 430 g/mol. The second-order valence-corrected chi connectivity index (χ2v) is 8.73. The highest BCUT2D eigenvalue weighted by atomic mass is 16.5. The van der Waals surface area contributed by atoms with Crippen molar-refractivity contribution < 1.29 is 18.8 Å². The second-order valence-electron chi connectivity index (χ2n) is 8.73. The minimum Gasteiger partial charge on any atom is -0.497 e. The lowest BCUT2D eigenvalue weighted by molar-refractivity contribution is -0.134. The molecule has 1 aromatic heterocycles. The fourth-order valence-corrected chi connectivity index (χ4v) is 4.57. The van der Waals surface area contributed by atoms with Crippen LogP contribution in [0.3, 0.4) is 0 Å². The molecule has 3 aromatic rings. The van der Waals surface area contributed by atoms with Crippen LogP contribution in [0.25, 0.3) is 11.4 Å². The van der Waals surface area contributed by atoms with Crippen LogP contribution in [-0.4, -0.2) is 47.8 Å². The van der Waals surface area contributed by atoms with Crippen LogP contribution in [0.1, 0.15) is 50.0 Å². The molecule has 0 unspecified atom stereocenters. The summed E-state index contributed by atoms with van der Waals surface area (Å²) in [6.45, 7) is 0.585. The average molecular weight is 464 g/mol. The predicted octanol–water partition coefficient (Wildman–Crippen LogP) is 5.09. The third-order valence-corrected chi connectivity index (χ3v) is 6.45. The Labute approximate surface area is 201 Å². The summed E-state index contributed by atoms with van der Waals surface area (Å²) in [5, 5.41) is 4.15. The first-order chi connectivity index (χ1) is 16.7. The van der Waals surface area contributed by atoms with Crippen molar-refractivity contribution in [1.29, 1.82) is 0 Å². The van der Waals surface area contributed by atoms with Gasteiger partial charge in [0.05, 0.1) is 14.2 Å². The summed E-state index contributed by atoms with van der Waals surface area (Å²) in [6.07, 6.45) is 7.53. The van der Waals surface area contributed by atoms with E-state index in [0.717, 1.165) is 24.8 Å². The Morgan fingerprint density at radius 3 is 2.38 bits per heavy atom. The number of rotatable bonds is 10. The van der Waals surface area contributed by atoms with Crippen molar-refractivity contribution in [3.8, 4) is 22.9 Å². The molecule has 1 aliphatic carbocycles. The molecular formula is C27H33N3O4. The number of nitrogens with zero attached hydrogens (tertiary/aromatic N) is 3. The third kappa shape index (κ3) is 6.16. The highest BCUT2D eigenvalue weighted by molar-refractivity contribution is 5.76. The van der Waals surface area contributed by atoms with Crippen molar-refractivity contribution in [2.45, 2.75) is 57.4 Å². The van der Waals surface area contributed by atoms with Crippen LogP contribution in [0.5, 0.6) is 11.5 Å². The molecule has 0 bridgehead atoms. The monoisotopic (exact) mass is 463 g/mol. The fourth-order valence-electron chi connectivity index (χ4n) is 4.57. The number of hydrogen-bond donors (Lipinski definition) is 0. The summed E-state index contributed by atoms with van der Waals surface area (Å²) in [5.41, 5.74) is 1.95. The van der Waals surface area contributed by atoms with Crippen molar-refractivity contribution in [2.75, 3.05) is 20.8 Å². The molecule has 180 valence electrons. The Morgan fingerprint density at radius 2 is 1.71 bits per heavy atom. The van der Waals surface area contributed by atoms with E-state index in [1.165, 1.54) is 24.8 Å². The smallest absolute Gasteiger partial charge is 0.228 e. The van der Waals surface area contributed by atoms with Crippen LogP contribution in [0.15, 0.2) is 53.1 Å². The summed E-state index contributed by atoms with van der Waals surface area (Å²) in [5.74, 6) is 2.52. The van der Waals surface area contributed by atoms with Gasteiger partial charge in [-0.2, -0.15) is 4.98 Å². The predicted molar refractivity (Wildman–Crippen MR) is 130 cm³/mol. The van der Waals surface area contributed by atoms with Gasteiger partial charge in [-0.3, -0.25) is 4.79 Å². The van der Waals surface area contributed by atoms with Crippen molar-refractivity contribution >= 4 is 5.91 Å². The zero-order valence-electron chi connectivity index (χ0n) is 20.0. The van der Waals surface area contributed by atoms with Crippen LogP contribution < -0.4 is 9.47 Å². The van der Waals surface area contributed by atoms with Gasteiger partial charge in [0.15, 0.2) is 0 Å². The van der Waals surface area contributed by atoms with Crippen LogP contribution >= 0.6 is 0 Å². The van der Waals surface area contributed by atoms with Crippen LogP contribution in [0, 0.1) is 0 Å². The van der Waals surface area contributed by atoms with Gasteiger partial charge in [-0.25, -0.2) is 0 Å². The van der Waals surface area contributed by atoms with E-state index in [9.17, 15) is 4.79 Å². The first-order valence-corrected chi connectivity index (χ1v) is 12.1. The SMILES string of the molecule is COc1cc(OC)cc(-c2noc(CCN(C(=O)CCc3ccccc3)C3CCCCC3)n2)c1. The van der Waals surface area contributed by atoms with Gasteiger partial charge in [0.2, 0.25) is 17.6 Å². The molecule has 7 heteroatoms. The van der Waals surface area contributed by atoms with E-state index in [-0.39, 0.29) is 5.91 Å². The molecule has 0 radical (unpaired) electrons. The number of carbonyl (C=O) groups excluding carboxylic acids is 1. The molecule has 1 aliphatic rings. The molecule has 2 aromatic carbocycles. The van der Waals surface area contributed by atoms with Crippen LogP contribution in [0.2, 0.25) is 0 Å². The van der Waals surface area contributed by atoms with Crippen LogP contribution in [0.4, 0.5) is 0 Å². The fraction of sp³-hybridized carbons (Fsp3) is 0.444. The van der Waals surface area contributed by atoms with E-state index in [4.69, 9.17) is 14.0 Å². The van der Waals surface area contributed by atoms with E-state index in [1.54, 1.807) is 20.3 Å². The number of ether oxygens (including phenoxy) is 2. The van der Waals surface area contributed by atoms with E-state index in [0.29, 0.717) is 48.6 Å². The van der Waals surface area contributed by atoms with Crippen LogP contribution in [-0.2, 0) is 17.6 Å². The first kappa shape index (κ1) is 23.8. The molecule has 0 N–H and O–H groups in total. The zero-order chi connectivity index (χ0) is 23.8. The molecule has 34 heavy (non-hydrogen) atoms. The maximum absolute atomic E-state index is 13.2. The molecule has 4 rings (SSSR count). The van der Waals surface area contributed by atoms with Crippen molar-refractivity contribution in [2.24, 2.45) is 0 Å². The van der Waals surface area contributed by atoms with Gasteiger partial charge in [-0.15, -0.1) is 0 Å². The molecule has 7 nitrogen and oxygen atoms in total. The molecule has 1 heterocycles. The third-order valence-electron chi connectivity index (χ3n) is 6.45. The summed E-state index contributed by atoms with van der Waals surface area (Å²) >= 11 is 0. The largest absolute Gasteiger partial charge is 0.497 e. The summed E-state index contributed by atoms with van der Waals surface area (Å²) in [4.78, 5) is 19.9. The first-order valence-electron chi connectivity index (χ1n) is 12.1. The normalized spacial score (nSPS) is 14.1. The Bertz CT molecular complexity index is 1040. The van der Waals surface area contributed by atoms with E-state index in [2.05, 4.69) is 27.2 Å². The van der Waals surface area contributed by atoms with E-state index in [1.807, 2.05) is 30.3 Å². The lowest BCUT2D eigenvalue weighted by atomic mass is 9.93. The van der Waals surface area contributed by atoms with Gasteiger partial charge in [-0.1, -0.05) is 54.8 Å². The quantitative estimate of drug-likeness (QED) is 0.417. The van der Waals surface area contributed by atoms with Gasteiger partial charge in [0.25, 0.3) is 0 Å². The average Bonchev–Trinajstić information content (AvgIpc) is 3.37. The summed E-state index contributed by atoms with van der Waals surface area (Å²) in [6, 6.07) is 16.0. The lowest BCUT2D eigenvalue weighted by Crippen LogP contribution is -2.42. The topological polar surface area (TPSA) is 77.7 Å². The molecule has 1 saturated carbocycles. The van der Waals surface area contributed by atoms with E-state index < -0.39 is 0 Å². The van der Waals surface area contributed by atoms with E-state index >= 15 is 0 Å². The van der Waals surface area contributed by atoms with Gasteiger partial charge >= 0.3 is 0 Å². The number of carbonyl (C=O) groups is 1. The Hall–Kier alpha value is -3.35. The van der Waals surface area contributed by atoms with Crippen molar-refractivity contribution in [3.63, 3.8) is 0 Å². The number of hydrogen-bond acceptors (Lipinski definition) is 6. The Kier molecular flexibility index (Phi) is 8.17. The van der Waals surface area contributed by atoms with Crippen molar-refractivity contribution in [1.82, 2.24) is 15.0 Å². The number of amides is 1. The Balaban J connectivity index is 1.43. The molecule has 0 aliphatic heterocycles. The molecule has 1 amide bonds. The number of methoxy groups -OCH3 is 2. The highest BCUT2D eigenvalue weighted by Crippen LogP contribution is 2.28. The highest BCUT2D eigenvalue weighted by Gasteiger charge is 2.25. The van der Waals surface area contributed by atoms with Crippen molar-refractivity contribution in [3.05, 3.63) is 60.0 Å². The Morgan fingerprint density at radius 1 is 1.00 bits per heavy atom. The second kappa shape index (κ2) is 11.7.